The maximum Gasteiger partial charge on any atom is 0.270 e. The molecule has 1 N–H and O–H groups in total. The second-order valence-electron chi connectivity index (χ2n) is 8.76. The summed E-state index contributed by atoms with van der Waals surface area (Å²) in [5.41, 5.74) is 1.19. The van der Waals surface area contributed by atoms with Gasteiger partial charge in [0, 0.05) is 31.8 Å². The van der Waals surface area contributed by atoms with Gasteiger partial charge in [0.15, 0.2) is 0 Å². The molecule has 0 radical (unpaired) electrons. The first-order valence-corrected chi connectivity index (χ1v) is 11.0. The first-order valence-electron chi connectivity index (χ1n) is 11.0. The molecule has 2 aliphatic heterocycles. The molecule has 0 unspecified atom stereocenters. The Morgan fingerprint density at radius 2 is 1.72 bits per heavy atom. The Morgan fingerprint density at radius 3 is 2.34 bits per heavy atom. The number of nitrogens with one attached hydrogen (secondary N) is 1. The van der Waals surface area contributed by atoms with Gasteiger partial charge in [-0.15, -0.1) is 0 Å². The van der Waals surface area contributed by atoms with Crippen molar-refractivity contribution in [1.82, 2.24) is 10.2 Å². The van der Waals surface area contributed by atoms with Crippen LogP contribution in [0.15, 0.2) is 18.2 Å². The predicted octanol–water partition coefficient (Wildman–Crippen LogP) is 3.68. The quantitative estimate of drug-likeness (QED) is 0.428. The Balaban J connectivity index is 1.60. The zero-order valence-electron chi connectivity index (χ0n) is 17.7. The van der Waals surface area contributed by atoms with E-state index in [1.807, 2.05) is 0 Å². The molecule has 0 aliphatic carbocycles. The Hall–Kier alpha value is -2.15. The van der Waals surface area contributed by atoms with Crippen LogP contribution in [0.4, 0.5) is 11.4 Å². The van der Waals surface area contributed by atoms with E-state index in [0.29, 0.717) is 18.0 Å². The van der Waals surface area contributed by atoms with E-state index in [0.717, 1.165) is 63.6 Å². The van der Waals surface area contributed by atoms with Crippen LogP contribution in [-0.4, -0.2) is 55.0 Å². The zero-order chi connectivity index (χ0) is 20.8. The number of carbonyl (C=O) groups is 1. The summed E-state index contributed by atoms with van der Waals surface area (Å²) in [7, 11) is 0. The smallest absolute Gasteiger partial charge is 0.270 e. The maximum absolute atomic E-state index is 12.9. The van der Waals surface area contributed by atoms with Crippen molar-refractivity contribution in [2.75, 3.05) is 44.2 Å². The van der Waals surface area contributed by atoms with Gasteiger partial charge in [-0.1, -0.05) is 13.8 Å². The molecule has 0 aromatic heterocycles. The van der Waals surface area contributed by atoms with Gasteiger partial charge >= 0.3 is 0 Å². The van der Waals surface area contributed by atoms with Gasteiger partial charge < -0.3 is 15.1 Å². The molecular formula is C22H34N4O3. The van der Waals surface area contributed by atoms with Crippen molar-refractivity contribution in [3.05, 3.63) is 33.9 Å². The number of piperidine rings is 2. The van der Waals surface area contributed by atoms with Crippen molar-refractivity contribution in [3.8, 4) is 0 Å². The minimum atomic E-state index is -0.434. The van der Waals surface area contributed by atoms with Crippen LogP contribution in [0.2, 0.25) is 0 Å². The molecule has 3 rings (SSSR count). The number of nitro groups is 1. The molecule has 0 spiro atoms. The van der Waals surface area contributed by atoms with Crippen molar-refractivity contribution < 1.29 is 9.72 Å². The first-order chi connectivity index (χ1) is 13.9. The van der Waals surface area contributed by atoms with E-state index in [1.165, 1.54) is 25.0 Å². The highest BCUT2D eigenvalue weighted by molar-refractivity contribution is 6.00. The predicted molar refractivity (Wildman–Crippen MR) is 115 cm³/mol. The Bertz CT molecular complexity index is 708. The lowest BCUT2D eigenvalue weighted by atomic mass is 9.98. The molecular weight excluding hydrogens is 368 g/mol. The number of hydrogen-bond acceptors (Lipinski definition) is 5. The molecule has 7 nitrogen and oxygen atoms in total. The SMILES string of the molecule is CC1CCN(CCCNC(=O)c2cc([N+](=O)[O-])ccc2N2CCC(C)CC2)CC1. The van der Waals surface area contributed by atoms with Gasteiger partial charge in [-0.25, -0.2) is 0 Å². The third-order valence-corrected chi connectivity index (χ3v) is 6.37. The molecule has 0 saturated carbocycles. The molecule has 0 atom stereocenters. The summed E-state index contributed by atoms with van der Waals surface area (Å²) in [5.74, 6) is 1.28. The first kappa shape index (κ1) is 21.6. The van der Waals surface area contributed by atoms with E-state index >= 15 is 0 Å². The fraction of sp³-hybridized carbons (Fsp3) is 0.682. The Morgan fingerprint density at radius 1 is 1.10 bits per heavy atom. The van der Waals surface area contributed by atoms with E-state index < -0.39 is 4.92 Å². The monoisotopic (exact) mass is 402 g/mol. The largest absolute Gasteiger partial charge is 0.371 e. The number of anilines is 1. The zero-order valence-corrected chi connectivity index (χ0v) is 17.7. The van der Waals surface area contributed by atoms with Crippen molar-refractivity contribution in [1.29, 1.82) is 0 Å². The van der Waals surface area contributed by atoms with Gasteiger partial charge in [-0.3, -0.25) is 14.9 Å². The van der Waals surface area contributed by atoms with Crippen molar-refractivity contribution >= 4 is 17.3 Å². The average molecular weight is 403 g/mol. The van der Waals surface area contributed by atoms with Crippen LogP contribution < -0.4 is 10.2 Å². The standard InChI is InChI=1S/C22H34N4O3/c1-17-6-12-24(13-7-17)11-3-10-23-22(27)20-16-19(26(28)29)4-5-21(20)25-14-8-18(2)9-15-25/h4-5,16-18H,3,6-15H2,1-2H3,(H,23,27). The summed E-state index contributed by atoms with van der Waals surface area (Å²) in [6.07, 6.45) is 5.54. The summed E-state index contributed by atoms with van der Waals surface area (Å²) in [5, 5.41) is 14.2. The number of rotatable bonds is 7. The summed E-state index contributed by atoms with van der Waals surface area (Å²) < 4.78 is 0. The number of benzene rings is 1. The number of amides is 1. The summed E-state index contributed by atoms with van der Waals surface area (Å²) >= 11 is 0. The fourth-order valence-corrected chi connectivity index (χ4v) is 4.23. The number of nitro benzene ring substituents is 1. The van der Waals surface area contributed by atoms with E-state index in [1.54, 1.807) is 6.07 Å². The minimum absolute atomic E-state index is 0.0354. The topological polar surface area (TPSA) is 78.7 Å². The lowest BCUT2D eigenvalue weighted by Gasteiger charge is -2.33. The lowest BCUT2D eigenvalue weighted by Crippen LogP contribution is -2.36. The van der Waals surface area contributed by atoms with Crippen LogP contribution in [0.25, 0.3) is 0 Å². The number of non-ortho nitro benzene ring substituents is 1. The number of hydrogen-bond donors (Lipinski definition) is 1. The molecule has 1 aromatic carbocycles. The molecule has 2 heterocycles. The van der Waals surface area contributed by atoms with E-state index in [4.69, 9.17) is 0 Å². The number of carbonyl (C=O) groups excluding carboxylic acids is 1. The van der Waals surface area contributed by atoms with Crippen molar-refractivity contribution in [2.45, 2.75) is 46.0 Å². The van der Waals surface area contributed by atoms with Crippen LogP contribution in [-0.2, 0) is 0 Å². The number of nitrogens with zero attached hydrogens (tertiary/aromatic N) is 3. The van der Waals surface area contributed by atoms with Crippen LogP contribution in [0, 0.1) is 22.0 Å². The molecule has 29 heavy (non-hydrogen) atoms. The highest BCUT2D eigenvalue weighted by Crippen LogP contribution is 2.29. The molecule has 2 saturated heterocycles. The summed E-state index contributed by atoms with van der Waals surface area (Å²) in [6.45, 7) is 10.2. The molecule has 160 valence electrons. The van der Waals surface area contributed by atoms with Crippen LogP contribution in [0.1, 0.15) is 56.3 Å². The summed E-state index contributed by atoms with van der Waals surface area (Å²) in [4.78, 5) is 28.3. The number of likely N-dealkylation sites (tertiary alicyclic amines) is 1. The minimum Gasteiger partial charge on any atom is -0.371 e. The van der Waals surface area contributed by atoms with E-state index in [9.17, 15) is 14.9 Å². The van der Waals surface area contributed by atoms with E-state index in [-0.39, 0.29) is 11.6 Å². The highest BCUT2D eigenvalue weighted by Gasteiger charge is 2.23. The van der Waals surface area contributed by atoms with Crippen LogP contribution >= 0.6 is 0 Å². The summed E-state index contributed by atoms with van der Waals surface area (Å²) in [6, 6.07) is 4.66. The Kier molecular flexibility index (Phi) is 7.47. The van der Waals surface area contributed by atoms with Gasteiger partial charge in [0.2, 0.25) is 0 Å². The average Bonchev–Trinajstić information content (AvgIpc) is 2.72. The third kappa shape index (κ3) is 5.92. The highest BCUT2D eigenvalue weighted by atomic mass is 16.6. The molecule has 0 bridgehead atoms. The normalized spacial score (nSPS) is 19.3. The fourth-order valence-electron chi connectivity index (χ4n) is 4.23. The molecule has 2 fully saturated rings. The maximum atomic E-state index is 12.9. The lowest BCUT2D eigenvalue weighted by molar-refractivity contribution is -0.384. The van der Waals surface area contributed by atoms with Gasteiger partial charge in [-0.2, -0.15) is 0 Å². The second-order valence-corrected chi connectivity index (χ2v) is 8.76. The molecule has 1 amide bonds. The van der Waals surface area contributed by atoms with Gasteiger partial charge in [0.05, 0.1) is 16.2 Å². The van der Waals surface area contributed by atoms with Gasteiger partial charge in [-0.05, 0) is 69.6 Å². The van der Waals surface area contributed by atoms with Crippen molar-refractivity contribution in [3.63, 3.8) is 0 Å². The van der Waals surface area contributed by atoms with Gasteiger partial charge in [0.25, 0.3) is 11.6 Å². The van der Waals surface area contributed by atoms with Crippen LogP contribution in [0.5, 0.6) is 0 Å². The van der Waals surface area contributed by atoms with Gasteiger partial charge in [0.1, 0.15) is 0 Å². The van der Waals surface area contributed by atoms with E-state index in [2.05, 4.69) is 29.0 Å². The van der Waals surface area contributed by atoms with Crippen molar-refractivity contribution in [2.24, 2.45) is 11.8 Å². The Labute approximate surface area is 173 Å². The second kappa shape index (κ2) is 10.1. The van der Waals surface area contributed by atoms with Crippen LogP contribution in [0.3, 0.4) is 0 Å². The molecule has 2 aliphatic rings. The molecule has 7 heteroatoms. The molecule has 1 aromatic rings. The third-order valence-electron chi connectivity index (χ3n) is 6.37.